The van der Waals surface area contributed by atoms with E-state index in [4.69, 9.17) is 9.40 Å². The minimum atomic E-state index is -0.436. The van der Waals surface area contributed by atoms with E-state index in [2.05, 4.69) is 6.92 Å². The lowest BCUT2D eigenvalue weighted by molar-refractivity contribution is -0.157. The monoisotopic (exact) mass is 423 g/mol. The molecule has 1 aromatic heterocycles. The molecule has 1 fully saturated rings. The first-order chi connectivity index (χ1) is 15.1. The Labute approximate surface area is 181 Å². The molecule has 0 bridgehead atoms. The summed E-state index contributed by atoms with van der Waals surface area (Å²) in [6, 6.07) is 11.9. The Morgan fingerprint density at radius 1 is 1.32 bits per heavy atom. The minimum absolute atomic E-state index is 0.00815. The van der Waals surface area contributed by atoms with Crippen molar-refractivity contribution >= 4 is 34.2 Å². The van der Waals surface area contributed by atoms with Gasteiger partial charge in [-0.15, -0.1) is 0 Å². The summed E-state index contributed by atoms with van der Waals surface area (Å²) in [4.78, 5) is 30.8. The van der Waals surface area contributed by atoms with Gasteiger partial charge in [-0.25, -0.2) is 10.0 Å². The van der Waals surface area contributed by atoms with Crippen LogP contribution in [-0.2, 0) is 9.59 Å². The van der Waals surface area contributed by atoms with Gasteiger partial charge in [-0.2, -0.15) is 0 Å². The molecule has 1 saturated heterocycles. The minimum Gasteiger partial charge on any atom is -0.438 e. The summed E-state index contributed by atoms with van der Waals surface area (Å²) in [6.07, 6.45) is 5.59. The van der Waals surface area contributed by atoms with Crippen molar-refractivity contribution in [2.24, 2.45) is 5.92 Å². The quantitative estimate of drug-likeness (QED) is 0.234. The van der Waals surface area contributed by atoms with Crippen molar-refractivity contribution in [1.82, 2.24) is 14.9 Å². The Morgan fingerprint density at radius 2 is 2.10 bits per heavy atom. The van der Waals surface area contributed by atoms with Crippen LogP contribution in [0, 0.1) is 5.92 Å². The van der Waals surface area contributed by atoms with Crippen molar-refractivity contribution in [3.05, 3.63) is 42.3 Å². The molecule has 1 N–H and O–H groups in total. The van der Waals surface area contributed by atoms with Crippen molar-refractivity contribution in [3.8, 4) is 0 Å². The van der Waals surface area contributed by atoms with Gasteiger partial charge in [0.2, 0.25) is 18.2 Å². The number of hydrogen-bond acceptors (Lipinski definition) is 5. The average molecular weight is 424 g/mol. The zero-order valence-corrected chi connectivity index (χ0v) is 17.9. The second-order valence-corrected chi connectivity index (χ2v) is 8.33. The predicted octanol–water partition coefficient (Wildman–Crippen LogP) is 4.69. The summed E-state index contributed by atoms with van der Waals surface area (Å²) in [7, 11) is 0. The molecule has 2 atom stereocenters. The summed E-state index contributed by atoms with van der Waals surface area (Å²) >= 11 is 0. The number of fused-ring (bicyclic) bond motifs is 2. The largest absolute Gasteiger partial charge is 0.438 e. The highest BCUT2D eigenvalue weighted by Gasteiger charge is 2.37. The number of hydrogen-bond donors (Lipinski definition) is 1. The standard InChI is InChI=1S/C24H29N3O4/c1-2-3-4-10-19(15-26(30)16-28)24(29)27-12-7-11-21(27)23-25-20-13-17-8-5-6-9-18(17)14-22(20)31-23/h5-6,8-9,13-14,16,19,21,30H,2-4,7,10-12,15H2,1H3/t19-,21-/m0/s1. The lowest BCUT2D eigenvalue weighted by atomic mass is 9.99. The van der Waals surface area contributed by atoms with Crippen LogP contribution in [0.1, 0.15) is 57.4 Å². The first kappa shape index (κ1) is 21.3. The molecule has 2 aromatic carbocycles. The van der Waals surface area contributed by atoms with E-state index in [1.165, 1.54) is 0 Å². The van der Waals surface area contributed by atoms with Gasteiger partial charge in [-0.3, -0.25) is 14.8 Å². The van der Waals surface area contributed by atoms with E-state index in [1.807, 2.05) is 41.3 Å². The molecular formula is C24H29N3O4. The SMILES string of the molecule is CCCCC[C@@H](CN(O)C=O)C(=O)N1CCC[C@H]1c1nc2cc3ccccc3cc2o1. The van der Waals surface area contributed by atoms with Crippen LogP contribution in [0.4, 0.5) is 0 Å². The molecule has 2 amide bonds. The van der Waals surface area contributed by atoms with E-state index in [9.17, 15) is 14.8 Å². The summed E-state index contributed by atoms with van der Waals surface area (Å²) < 4.78 is 6.10. The fraction of sp³-hybridized carbons (Fsp3) is 0.458. The van der Waals surface area contributed by atoms with Crippen LogP contribution >= 0.6 is 0 Å². The van der Waals surface area contributed by atoms with Gasteiger partial charge < -0.3 is 9.32 Å². The summed E-state index contributed by atoms with van der Waals surface area (Å²) in [5, 5.41) is 12.5. The van der Waals surface area contributed by atoms with Gasteiger partial charge in [0.1, 0.15) is 11.6 Å². The van der Waals surface area contributed by atoms with Gasteiger partial charge in [0.15, 0.2) is 5.58 Å². The van der Waals surface area contributed by atoms with Gasteiger partial charge >= 0.3 is 0 Å². The fourth-order valence-electron chi connectivity index (χ4n) is 4.50. The number of amides is 2. The Hall–Kier alpha value is -2.93. The van der Waals surface area contributed by atoms with Gasteiger partial charge in [-0.05, 0) is 42.2 Å². The number of nitrogens with zero attached hydrogens (tertiary/aromatic N) is 3. The van der Waals surface area contributed by atoms with Crippen molar-refractivity contribution in [2.75, 3.05) is 13.1 Å². The third-order valence-corrected chi connectivity index (χ3v) is 6.13. The van der Waals surface area contributed by atoms with E-state index in [-0.39, 0.29) is 18.5 Å². The number of rotatable bonds is 9. The Kier molecular flexibility index (Phi) is 6.51. The highest BCUT2D eigenvalue weighted by Crippen LogP contribution is 2.35. The highest BCUT2D eigenvalue weighted by molar-refractivity contribution is 5.94. The molecule has 7 heteroatoms. The van der Waals surface area contributed by atoms with Gasteiger partial charge in [0.25, 0.3) is 0 Å². The number of carbonyl (C=O) groups is 2. The molecule has 2 heterocycles. The number of oxazole rings is 1. The van der Waals surface area contributed by atoms with Crippen LogP contribution in [0.5, 0.6) is 0 Å². The summed E-state index contributed by atoms with van der Waals surface area (Å²) in [5.74, 6) is 0.0703. The molecule has 3 aromatic rings. The topological polar surface area (TPSA) is 86.9 Å². The van der Waals surface area contributed by atoms with E-state index < -0.39 is 5.92 Å². The van der Waals surface area contributed by atoms with E-state index in [0.29, 0.717) is 30.3 Å². The predicted molar refractivity (Wildman–Crippen MR) is 117 cm³/mol. The van der Waals surface area contributed by atoms with Crippen molar-refractivity contribution < 1.29 is 19.2 Å². The van der Waals surface area contributed by atoms with Crippen LogP contribution < -0.4 is 0 Å². The summed E-state index contributed by atoms with van der Waals surface area (Å²) in [5.41, 5.74) is 1.50. The smallest absolute Gasteiger partial charge is 0.233 e. The highest BCUT2D eigenvalue weighted by atomic mass is 16.5. The molecule has 0 radical (unpaired) electrons. The van der Waals surface area contributed by atoms with Crippen molar-refractivity contribution in [1.29, 1.82) is 0 Å². The Balaban J connectivity index is 1.58. The first-order valence-corrected chi connectivity index (χ1v) is 11.1. The van der Waals surface area contributed by atoms with Crippen LogP contribution in [0.25, 0.3) is 21.9 Å². The van der Waals surface area contributed by atoms with Gasteiger partial charge in [0, 0.05) is 6.54 Å². The van der Waals surface area contributed by atoms with Crippen molar-refractivity contribution in [2.45, 2.75) is 51.5 Å². The normalized spacial score (nSPS) is 17.4. The van der Waals surface area contributed by atoms with Crippen LogP contribution in [-0.4, -0.2) is 45.6 Å². The number of aromatic nitrogens is 1. The average Bonchev–Trinajstić information content (AvgIpc) is 3.42. The summed E-state index contributed by atoms with van der Waals surface area (Å²) in [6.45, 7) is 2.74. The zero-order valence-electron chi connectivity index (χ0n) is 17.9. The van der Waals surface area contributed by atoms with E-state index >= 15 is 0 Å². The second kappa shape index (κ2) is 9.47. The first-order valence-electron chi connectivity index (χ1n) is 11.1. The molecule has 0 spiro atoms. The third-order valence-electron chi connectivity index (χ3n) is 6.13. The van der Waals surface area contributed by atoms with E-state index in [0.717, 1.165) is 54.0 Å². The molecule has 4 rings (SSSR count). The maximum absolute atomic E-state index is 13.4. The molecule has 0 aliphatic carbocycles. The van der Waals surface area contributed by atoms with Crippen LogP contribution in [0.2, 0.25) is 0 Å². The molecule has 1 aliphatic rings. The van der Waals surface area contributed by atoms with E-state index in [1.54, 1.807) is 0 Å². The number of carbonyl (C=O) groups excluding carboxylic acids is 2. The zero-order chi connectivity index (χ0) is 21.8. The molecule has 0 unspecified atom stereocenters. The number of likely N-dealkylation sites (tertiary alicyclic amines) is 1. The lowest BCUT2D eigenvalue weighted by Crippen LogP contribution is -2.40. The molecule has 31 heavy (non-hydrogen) atoms. The molecule has 164 valence electrons. The fourth-order valence-corrected chi connectivity index (χ4v) is 4.50. The lowest BCUT2D eigenvalue weighted by Gasteiger charge is -2.28. The number of hydroxylamine groups is 2. The number of benzene rings is 2. The molecular weight excluding hydrogens is 394 g/mol. The maximum Gasteiger partial charge on any atom is 0.233 e. The molecule has 0 saturated carbocycles. The van der Waals surface area contributed by atoms with Crippen LogP contribution in [0.15, 0.2) is 40.8 Å². The van der Waals surface area contributed by atoms with Gasteiger partial charge in [0.05, 0.1) is 12.5 Å². The van der Waals surface area contributed by atoms with Crippen molar-refractivity contribution in [3.63, 3.8) is 0 Å². The Morgan fingerprint density at radius 3 is 2.84 bits per heavy atom. The molecule has 7 nitrogen and oxygen atoms in total. The van der Waals surface area contributed by atoms with Crippen LogP contribution in [0.3, 0.4) is 0 Å². The third kappa shape index (κ3) is 4.56. The Bertz CT molecular complexity index is 1010. The maximum atomic E-state index is 13.4. The number of unbranched alkanes of at least 4 members (excludes halogenated alkanes) is 2. The molecule has 1 aliphatic heterocycles. The van der Waals surface area contributed by atoms with Gasteiger partial charge in [-0.1, -0.05) is 50.5 Å². The second-order valence-electron chi connectivity index (χ2n) is 8.33.